The van der Waals surface area contributed by atoms with Crippen molar-refractivity contribution < 1.29 is 4.79 Å². The molecule has 1 heterocycles. The van der Waals surface area contributed by atoms with E-state index in [9.17, 15) is 4.79 Å². The quantitative estimate of drug-likeness (QED) is 0.770. The number of nitrogens with one attached hydrogen (secondary N) is 1. The highest BCUT2D eigenvalue weighted by molar-refractivity contribution is 5.76. The fourth-order valence-corrected chi connectivity index (χ4v) is 1.13. The minimum absolute atomic E-state index is 0.0242. The molecule has 0 fully saturated rings. The summed E-state index contributed by atoms with van der Waals surface area (Å²) in [5.41, 5.74) is 1.08. The van der Waals surface area contributed by atoms with Gasteiger partial charge in [0.15, 0.2) is 0 Å². The minimum Gasteiger partial charge on any atom is -0.334 e. The van der Waals surface area contributed by atoms with Crippen LogP contribution in [0.4, 0.5) is 4.79 Å². The van der Waals surface area contributed by atoms with Gasteiger partial charge in [-0.1, -0.05) is 20.8 Å². The van der Waals surface area contributed by atoms with Gasteiger partial charge in [0.05, 0.1) is 6.20 Å². The maximum Gasteiger partial charge on any atom is 0.342 e. The number of aromatic nitrogens is 2. The molecule has 0 saturated carbocycles. The zero-order chi connectivity index (χ0) is 11.6. The van der Waals surface area contributed by atoms with Gasteiger partial charge in [-0.05, 0) is 24.8 Å². The molecule has 0 unspecified atom stereocenters. The van der Waals surface area contributed by atoms with Crippen LogP contribution in [0, 0.1) is 0 Å². The first-order chi connectivity index (χ1) is 6.80. The van der Waals surface area contributed by atoms with E-state index >= 15 is 0 Å². The largest absolute Gasteiger partial charge is 0.342 e. The Labute approximate surface area is 90.7 Å². The summed E-state index contributed by atoms with van der Waals surface area (Å²) in [4.78, 5) is 11.6. The van der Waals surface area contributed by atoms with E-state index in [0.29, 0.717) is 0 Å². The Balaban J connectivity index is 2.81. The van der Waals surface area contributed by atoms with Gasteiger partial charge in [-0.2, -0.15) is 9.78 Å². The van der Waals surface area contributed by atoms with Gasteiger partial charge >= 0.3 is 6.03 Å². The molecule has 0 bridgehead atoms. The van der Waals surface area contributed by atoms with E-state index < -0.39 is 0 Å². The number of carbonyl (C=O) groups is 1. The van der Waals surface area contributed by atoms with Crippen molar-refractivity contribution in [3.63, 3.8) is 0 Å². The van der Waals surface area contributed by atoms with Crippen LogP contribution in [0.2, 0.25) is 0 Å². The molecule has 15 heavy (non-hydrogen) atoms. The summed E-state index contributed by atoms with van der Waals surface area (Å²) >= 11 is 0. The molecular formula is C11H19N3O. The highest BCUT2D eigenvalue weighted by atomic mass is 16.2. The van der Waals surface area contributed by atoms with Crippen LogP contribution < -0.4 is 5.32 Å². The van der Waals surface area contributed by atoms with Crippen molar-refractivity contribution in [1.29, 1.82) is 0 Å². The molecule has 0 atom stereocenters. The normalized spacial score (nSPS) is 11.9. The standard InChI is InChI=1S/C11H19N3O/c1-8(2)13-10(15)14-7-9(6-12-14)11(3,4)5/h6-8H,1-5H3,(H,13,15). The van der Waals surface area contributed by atoms with Gasteiger partial charge in [0.1, 0.15) is 0 Å². The predicted octanol–water partition coefficient (Wildman–Crippen LogP) is 2.15. The molecule has 0 aliphatic rings. The van der Waals surface area contributed by atoms with Gasteiger partial charge < -0.3 is 5.32 Å². The Hall–Kier alpha value is -1.32. The smallest absolute Gasteiger partial charge is 0.334 e. The van der Waals surface area contributed by atoms with Crippen LogP contribution in [0.25, 0.3) is 0 Å². The van der Waals surface area contributed by atoms with E-state index in [1.807, 2.05) is 13.8 Å². The summed E-state index contributed by atoms with van der Waals surface area (Å²) < 4.78 is 1.35. The third kappa shape index (κ3) is 3.08. The third-order valence-corrected chi connectivity index (χ3v) is 2.07. The van der Waals surface area contributed by atoms with Gasteiger partial charge in [-0.3, -0.25) is 0 Å². The number of carbonyl (C=O) groups excluding carboxylic acids is 1. The predicted molar refractivity (Wildman–Crippen MR) is 60.0 cm³/mol. The van der Waals surface area contributed by atoms with Crippen molar-refractivity contribution in [2.45, 2.75) is 46.1 Å². The summed E-state index contributed by atoms with van der Waals surface area (Å²) in [7, 11) is 0. The average molecular weight is 209 g/mol. The maximum atomic E-state index is 11.6. The lowest BCUT2D eigenvalue weighted by Crippen LogP contribution is -2.34. The van der Waals surface area contributed by atoms with Crippen molar-refractivity contribution in [3.05, 3.63) is 18.0 Å². The molecule has 1 N–H and O–H groups in total. The lowest BCUT2D eigenvalue weighted by Gasteiger charge is -2.15. The minimum atomic E-state index is -0.180. The van der Waals surface area contributed by atoms with Crippen LogP contribution in [0.1, 0.15) is 40.2 Å². The highest BCUT2D eigenvalue weighted by Crippen LogP contribution is 2.20. The van der Waals surface area contributed by atoms with Crippen molar-refractivity contribution in [1.82, 2.24) is 15.1 Å². The molecule has 0 aromatic carbocycles. The molecule has 0 saturated heterocycles. The Bertz CT molecular complexity index is 347. The Kier molecular flexibility index (Phi) is 3.17. The van der Waals surface area contributed by atoms with E-state index in [1.54, 1.807) is 12.4 Å². The van der Waals surface area contributed by atoms with Gasteiger partial charge in [-0.15, -0.1) is 0 Å². The van der Waals surface area contributed by atoms with Gasteiger partial charge in [0, 0.05) is 12.2 Å². The van der Waals surface area contributed by atoms with Crippen molar-refractivity contribution in [2.75, 3.05) is 0 Å². The lowest BCUT2D eigenvalue weighted by molar-refractivity contribution is 0.237. The second-order valence-electron chi connectivity index (χ2n) is 5.03. The molecule has 0 aliphatic carbocycles. The molecule has 1 rings (SSSR count). The molecule has 1 amide bonds. The van der Waals surface area contributed by atoms with Crippen molar-refractivity contribution >= 4 is 6.03 Å². The average Bonchev–Trinajstić information content (AvgIpc) is 2.48. The zero-order valence-corrected chi connectivity index (χ0v) is 10.0. The second kappa shape index (κ2) is 4.04. The summed E-state index contributed by atoms with van der Waals surface area (Å²) in [5.74, 6) is 0. The number of hydrogen-bond donors (Lipinski definition) is 1. The zero-order valence-electron chi connectivity index (χ0n) is 10.0. The van der Waals surface area contributed by atoms with Crippen LogP contribution in [-0.2, 0) is 5.41 Å². The number of rotatable bonds is 1. The lowest BCUT2D eigenvalue weighted by atomic mass is 9.90. The summed E-state index contributed by atoms with van der Waals surface area (Å²) in [6.45, 7) is 10.1. The Morgan fingerprint density at radius 1 is 1.47 bits per heavy atom. The SMILES string of the molecule is CC(C)NC(=O)n1cc(C(C)(C)C)cn1. The monoisotopic (exact) mass is 209 g/mol. The van der Waals surface area contributed by atoms with Crippen LogP contribution >= 0.6 is 0 Å². The van der Waals surface area contributed by atoms with E-state index in [1.165, 1.54) is 4.68 Å². The first kappa shape index (κ1) is 11.8. The topological polar surface area (TPSA) is 46.9 Å². The van der Waals surface area contributed by atoms with Gasteiger partial charge in [0.25, 0.3) is 0 Å². The molecule has 4 heteroatoms. The third-order valence-electron chi connectivity index (χ3n) is 2.07. The first-order valence-electron chi connectivity index (χ1n) is 5.16. The van der Waals surface area contributed by atoms with Crippen LogP contribution in [0.3, 0.4) is 0 Å². The molecule has 4 nitrogen and oxygen atoms in total. The molecule has 0 radical (unpaired) electrons. The first-order valence-corrected chi connectivity index (χ1v) is 5.16. The molecular weight excluding hydrogens is 190 g/mol. The summed E-state index contributed by atoms with van der Waals surface area (Å²) in [6, 6.07) is -0.0553. The maximum absolute atomic E-state index is 11.6. The van der Waals surface area contributed by atoms with E-state index in [-0.39, 0.29) is 17.5 Å². The van der Waals surface area contributed by atoms with Crippen molar-refractivity contribution in [3.8, 4) is 0 Å². The summed E-state index contributed by atoms with van der Waals surface area (Å²) in [6.07, 6.45) is 3.51. The molecule has 0 aliphatic heterocycles. The molecule has 1 aromatic rings. The fourth-order valence-electron chi connectivity index (χ4n) is 1.13. The highest BCUT2D eigenvalue weighted by Gasteiger charge is 2.17. The Morgan fingerprint density at radius 2 is 2.07 bits per heavy atom. The number of amides is 1. The number of hydrogen-bond acceptors (Lipinski definition) is 2. The van der Waals surface area contributed by atoms with Crippen LogP contribution in [0.5, 0.6) is 0 Å². The number of nitrogens with zero attached hydrogens (tertiary/aromatic N) is 2. The van der Waals surface area contributed by atoms with E-state index in [0.717, 1.165) is 5.56 Å². The molecule has 84 valence electrons. The van der Waals surface area contributed by atoms with Crippen LogP contribution in [-0.4, -0.2) is 21.9 Å². The second-order valence-corrected chi connectivity index (χ2v) is 5.03. The molecule has 0 spiro atoms. The summed E-state index contributed by atoms with van der Waals surface area (Å²) in [5, 5.41) is 6.83. The van der Waals surface area contributed by atoms with Gasteiger partial charge in [0.2, 0.25) is 0 Å². The van der Waals surface area contributed by atoms with E-state index in [4.69, 9.17) is 0 Å². The van der Waals surface area contributed by atoms with Crippen LogP contribution in [0.15, 0.2) is 12.4 Å². The van der Waals surface area contributed by atoms with Crippen molar-refractivity contribution in [2.24, 2.45) is 0 Å². The Morgan fingerprint density at radius 3 is 2.47 bits per heavy atom. The van der Waals surface area contributed by atoms with Gasteiger partial charge in [-0.25, -0.2) is 4.79 Å². The fraction of sp³-hybridized carbons (Fsp3) is 0.636. The van der Waals surface area contributed by atoms with E-state index in [2.05, 4.69) is 31.2 Å². The molecule has 1 aromatic heterocycles.